The third-order valence-electron chi connectivity index (χ3n) is 0.932. The van der Waals surface area contributed by atoms with Crippen LogP contribution in [0, 0.1) is 5.38 Å². The first-order valence-electron chi connectivity index (χ1n) is 2.59. The first-order valence-corrected chi connectivity index (χ1v) is 4.20. The summed E-state index contributed by atoms with van der Waals surface area (Å²) in [4.78, 5) is 0. The van der Waals surface area contributed by atoms with Crippen LogP contribution in [0.5, 0.6) is 0 Å². The molecule has 1 aromatic heterocycles. The molecule has 0 fully saturated rings. The van der Waals surface area contributed by atoms with E-state index in [1.807, 2.05) is 6.08 Å². The van der Waals surface area contributed by atoms with Gasteiger partial charge in [-0.25, -0.2) is 0 Å². The maximum absolute atomic E-state index is 3.63. The van der Waals surface area contributed by atoms with Gasteiger partial charge in [0.25, 0.3) is 0 Å². The summed E-state index contributed by atoms with van der Waals surface area (Å²) in [6.07, 6.45) is 2.80. The van der Waals surface area contributed by atoms with Crippen LogP contribution in [0.25, 0.3) is 0 Å². The molecule has 0 aliphatic carbocycles. The van der Waals surface area contributed by atoms with Gasteiger partial charge in [-0.1, -0.05) is 9.86 Å². The SMILES string of the molecule is C=CCc1[c-]sc(Br)c1.[Cl-].[Mg+2]. The summed E-state index contributed by atoms with van der Waals surface area (Å²) in [7, 11) is 0. The largest absolute Gasteiger partial charge is 2.00 e. The molecule has 0 saturated carbocycles. The van der Waals surface area contributed by atoms with Crippen molar-refractivity contribution in [2.75, 3.05) is 0 Å². The first-order chi connectivity index (χ1) is 4.33. The quantitative estimate of drug-likeness (QED) is 0.388. The molecule has 0 amide bonds. The van der Waals surface area contributed by atoms with E-state index in [4.69, 9.17) is 0 Å². The van der Waals surface area contributed by atoms with Crippen molar-refractivity contribution in [1.29, 1.82) is 0 Å². The molecule has 0 radical (unpaired) electrons. The van der Waals surface area contributed by atoms with Gasteiger partial charge < -0.3 is 12.4 Å². The third-order valence-corrected chi connectivity index (χ3v) is 2.32. The van der Waals surface area contributed by atoms with Crippen LogP contribution in [0.4, 0.5) is 0 Å². The molecule has 11 heavy (non-hydrogen) atoms. The second-order valence-electron chi connectivity index (χ2n) is 1.67. The van der Waals surface area contributed by atoms with Crippen molar-refractivity contribution in [3.63, 3.8) is 0 Å². The third kappa shape index (κ3) is 5.25. The van der Waals surface area contributed by atoms with Crippen LogP contribution in [0.3, 0.4) is 0 Å². The van der Waals surface area contributed by atoms with Gasteiger partial charge in [0, 0.05) is 0 Å². The van der Waals surface area contributed by atoms with Gasteiger partial charge in [0.05, 0.1) is 0 Å². The molecule has 0 nitrogen and oxygen atoms in total. The Hall–Kier alpha value is 0.976. The molecule has 0 aliphatic heterocycles. The summed E-state index contributed by atoms with van der Waals surface area (Å²) in [6.45, 7) is 3.63. The van der Waals surface area contributed by atoms with E-state index in [1.54, 1.807) is 11.3 Å². The molecule has 1 rings (SSSR count). The molecule has 0 spiro atoms. The zero-order chi connectivity index (χ0) is 6.69. The Morgan fingerprint density at radius 2 is 2.36 bits per heavy atom. The van der Waals surface area contributed by atoms with Crippen LogP contribution in [0.1, 0.15) is 5.56 Å². The van der Waals surface area contributed by atoms with Crippen molar-refractivity contribution in [3.05, 3.63) is 33.5 Å². The molecule has 0 N–H and O–H groups in total. The monoisotopic (exact) mass is 260 g/mol. The topological polar surface area (TPSA) is 0 Å². The Labute approximate surface area is 102 Å². The number of hydrogen-bond acceptors (Lipinski definition) is 1. The number of thiophene rings is 1. The molecule has 56 valence electrons. The van der Waals surface area contributed by atoms with Gasteiger partial charge in [0.1, 0.15) is 0 Å². The molecule has 1 heterocycles. The van der Waals surface area contributed by atoms with Crippen LogP contribution in [-0.4, -0.2) is 23.1 Å². The molecule has 0 aromatic carbocycles. The number of halogens is 2. The molecule has 0 saturated heterocycles. The predicted molar refractivity (Wildman–Crippen MR) is 50.5 cm³/mol. The molecule has 0 aliphatic rings. The Morgan fingerprint density at radius 3 is 2.73 bits per heavy atom. The normalized spacial score (nSPS) is 7.73. The second-order valence-corrected chi connectivity index (χ2v) is 3.90. The van der Waals surface area contributed by atoms with Crippen molar-refractivity contribution in [3.8, 4) is 0 Å². The molecule has 4 heteroatoms. The van der Waals surface area contributed by atoms with Crippen LogP contribution < -0.4 is 12.4 Å². The van der Waals surface area contributed by atoms with Gasteiger partial charge >= 0.3 is 23.1 Å². The minimum atomic E-state index is 0. The summed E-state index contributed by atoms with van der Waals surface area (Å²) in [5, 5.41) is 3.13. The average Bonchev–Trinajstić information content (AvgIpc) is 2.17. The van der Waals surface area contributed by atoms with Crippen molar-refractivity contribution in [2.24, 2.45) is 0 Å². The van der Waals surface area contributed by atoms with E-state index in [0.717, 1.165) is 10.2 Å². The number of allylic oxidation sites excluding steroid dienone is 1. The van der Waals surface area contributed by atoms with Crippen molar-refractivity contribution in [1.82, 2.24) is 0 Å². The summed E-state index contributed by atoms with van der Waals surface area (Å²) in [5.74, 6) is 0. The maximum atomic E-state index is 3.63. The fourth-order valence-electron chi connectivity index (χ4n) is 0.566. The van der Waals surface area contributed by atoms with E-state index < -0.39 is 0 Å². The molecular formula is C7H6BrClMgS. The predicted octanol–water partition coefficient (Wildman–Crippen LogP) is -0.338. The summed E-state index contributed by atoms with van der Waals surface area (Å²) >= 11 is 4.94. The van der Waals surface area contributed by atoms with E-state index in [2.05, 4.69) is 34.0 Å². The zero-order valence-electron chi connectivity index (χ0n) is 5.94. The van der Waals surface area contributed by atoms with Crippen LogP contribution in [0.2, 0.25) is 0 Å². The Kier molecular flexibility index (Phi) is 10.0. The molecule has 1 aromatic rings. The van der Waals surface area contributed by atoms with Crippen LogP contribution in [0.15, 0.2) is 22.5 Å². The van der Waals surface area contributed by atoms with E-state index in [1.165, 1.54) is 5.56 Å². The Balaban J connectivity index is 0. The van der Waals surface area contributed by atoms with Crippen molar-refractivity contribution < 1.29 is 12.4 Å². The zero-order valence-corrected chi connectivity index (χ0v) is 10.5. The number of rotatable bonds is 2. The minimum absolute atomic E-state index is 0. The van der Waals surface area contributed by atoms with Crippen molar-refractivity contribution in [2.45, 2.75) is 6.42 Å². The fraction of sp³-hybridized carbons (Fsp3) is 0.143. The Bertz CT molecular complexity index is 212. The first kappa shape index (κ1) is 14.5. The van der Waals surface area contributed by atoms with Gasteiger partial charge in [-0.3, -0.25) is 11.3 Å². The van der Waals surface area contributed by atoms with Gasteiger partial charge in [-0.2, -0.15) is 11.6 Å². The fourth-order valence-corrected chi connectivity index (χ4v) is 1.66. The summed E-state index contributed by atoms with van der Waals surface area (Å²) in [6, 6.07) is 2.06. The molecular weight excluding hydrogens is 256 g/mol. The van der Waals surface area contributed by atoms with E-state index in [9.17, 15) is 0 Å². The Morgan fingerprint density at radius 1 is 1.73 bits per heavy atom. The smallest absolute Gasteiger partial charge is 1.00 e. The minimum Gasteiger partial charge on any atom is -1.00 e. The van der Waals surface area contributed by atoms with Gasteiger partial charge in [-0.05, 0) is 6.42 Å². The van der Waals surface area contributed by atoms with Crippen molar-refractivity contribution >= 4 is 50.3 Å². The van der Waals surface area contributed by atoms with Crippen LogP contribution in [-0.2, 0) is 6.42 Å². The molecule has 0 unspecified atom stereocenters. The number of hydrogen-bond donors (Lipinski definition) is 0. The van der Waals surface area contributed by atoms with E-state index in [-0.39, 0.29) is 35.5 Å². The average molecular weight is 262 g/mol. The van der Waals surface area contributed by atoms with Gasteiger partial charge in [0.2, 0.25) is 0 Å². The maximum Gasteiger partial charge on any atom is 2.00 e. The molecule has 0 atom stereocenters. The van der Waals surface area contributed by atoms with Gasteiger partial charge in [0.15, 0.2) is 0 Å². The van der Waals surface area contributed by atoms with Gasteiger partial charge in [-0.15, -0.1) is 27.9 Å². The standard InChI is InChI=1S/C7H6BrS.ClH.Mg/c1-2-3-6-4-7(8)9-5-6;;/h2,4H,1,3H2;1H;/q-1;;+2/p-1. The molecule has 0 bridgehead atoms. The second kappa shape index (κ2) is 7.62. The van der Waals surface area contributed by atoms with E-state index in [0.29, 0.717) is 0 Å². The summed E-state index contributed by atoms with van der Waals surface area (Å²) in [5.41, 5.74) is 1.21. The van der Waals surface area contributed by atoms with E-state index >= 15 is 0 Å². The summed E-state index contributed by atoms with van der Waals surface area (Å²) < 4.78 is 1.14. The van der Waals surface area contributed by atoms with Crippen LogP contribution >= 0.6 is 27.3 Å².